The van der Waals surface area contributed by atoms with E-state index >= 15 is 0 Å². The molecule has 1 aliphatic heterocycles. The van der Waals surface area contributed by atoms with Gasteiger partial charge in [-0.1, -0.05) is 6.92 Å². The topological polar surface area (TPSA) is 122 Å². The van der Waals surface area contributed by atoms with Crippen molar-refractivity contribution in [1.82, 2.24) is 4.31 Å². The Morgan fingerprint density at radius 3 is 2.62 bits per heavy atom. The molecule has 0 aliphatic carbocycles. The van der Waals surface area contributed by atoms with Crippen molar-refractivity contribution in [1.29, 1.82) is 0 Å². The first-order chi connectivity index (χ1) is 11.4. The van der Waals surface area contributed by atoms with Crippen LogP contribution in [0.3, 0.4) is 0 Å². The molecular formula is C14H21N3O6S. The number of benzene rings is 1. The van der Waals surface area contributed by atoms with Crippen LogP contribution in [-0.2, 0) is 14.8 Å². The van der Waals surface area contributed by atoms with E-state index in [2.05, 4.69) is 5.32 Å². The van der Waals surface area contributed by atoms with Crippen LogP contribution in [0, 0.1) is 10.1 Å². The number of morpholine rings is 1. The number of sulfonamides is 1. The molecule has 0 saturated carbocycles. The lowest BCUT2D eigenvalue weighted by atomic mass is 10.2. The van der Waals surface area contributed by atoms with E-state index in [0.29, 0.717) is 19.6 Å². The monoisotopic (exact) mass is 359 g/mol. The van der Waals surface area contributed by atoms with Gasteiger partial charge in [0.25, 0.3) is 5.69 Å². The first-order valence-corrected chi connectivity index (χ1v) is 9.08. The molecule has 0 bridgehead atoms. The normalized spacial score (nSPS) is 17.4. The number of rotatable bonds is 7. The highest BCUT2D eigenvalue weighted by Crippen LogP contribution is 2.30. The molecule has 1 aliphatic rings. The van der Waals surface area contributed by atoms with E-state index in [1.807, 2.05) is 6.92 Å². The summed E-state index contributed by atoms with van der Waals surface area (Å²) >= 11 is 0. The summed E-state index contributed by atoms with van der Waals surface area (Å²) in [6.45, 7) is 2.70. The largest absolute Gasteiger partial charge is 0.394 e. The van der Waals surface area contributed by atoms with Crippen molar-refractivity contribution < 1.29 is 23.2 Å². The fourth-order valence-corrected chi connectivity index (χ4v) is 3.81. The second-order valence-corrected chi connectivity index (χ2v) is 7.32. The molecule has 10 heteroatoms. The zero-order valence-corrected chi connectivity index (χ0v) is 14.2. The van der Waals surface area contributed by atoms with Gasteiger partial charge in [-0.15, -0.1) is 0 Å². The number of ether oxygens (including phenoxy) is 1. The molecule has 1 saturated heterocycles. The number of nitro benzene ring substituents is 1. The molecule has 0 aromatic heterocycles. The van der Waals surface area contributed by atoms with Gasteiger partial charge in [-0.05, 0) is 18.6 Å². The van der Waals surface area contributed by atoms with E-state index in [1.54, 1.807) is 0 Å². The first kappa shape index (κ1) is 18.6. The van der Waals surface area contributed by atoms with Crippen LogP contribution >= 0.6 is 0 Å². The lowest BCUT2D eigenvalue weighted by molar-refractivity contribution is -0.384. The fraction of sp³-hybridized carbons (Fsp3) is 0.571. The standard InChI is InChI=1S/C14H21N3O6S/c1-2-11(10-18)15-13-4-3-12(9-14(13)17(19)20)24(21,22)16-5-7-23-8-6-16/h3-4,9,11,15,18H,2,5-8,10H2,1H3/t11-/m0/s1. The molecule has 0 amide bonds. The van der Waals surface area contributed by atoms with Gasteiger partial charge >= 0.3 is 0 Å². The van der Waals surface area contributed by atoms with Crippen molar-refractivity contribution in [2.75, 3.05) is 38.2 Å². The van der Waals surface area contributed by atoms with Crippen molar-refractivity contribution in [3.05, 3.63) is 28.3 Å². The molecule has 1 heterocycles. The number of aliphatic hydroxyl groups is 1. The van der Waals surface area contributed by atoms with Crippen molar-refractivity contribution in [3.8, 4) is 0 Å². The summed E-state index contributed by atoms with van der Waals surface area (Å²) in [5.74, 6) is 0. The van der Waals surface area contributed by atoms with Crippen LogP contribution in [0.15, 0.2) is 23.1 Å². The highest BCUT2D eigenvalue weighted by atomic mass is 32.2. The van der Waals surface area contributed by atoms with E-state index in [0.717, 1.165) is 6.07 Å². The Kier molecular flexibility index (Phi) is 6.10. The Hall–Kier alpha value is -1.75. The molecule has 0 radical (unpaired) electrons. The molecule has 1 atom stereocenters. The summed E-state index contributed by atoms with van der Waals surface area (Å²) in [6.07, 6.45) is 0.571. The number of anilines is 1. The number of aliphatic hydroxyl groups excluding tert-OH is 1. The molecule has 2 rings (SSSR count). The Morgan fingerprint density at radius 1 is 1.42 bits per heavy atom. The summed E-state index contributed by atoms with van der Waals surface area (Å²) in [5.41, 5.74) is -0.155. The number of nitro groups is 1. The zero-order valence-electron chi connectivity index (χ0n) is 13.3. The van der Waals surface area contributed by atoms with Crippen molar-refractivity contribution in [2.45, 2.75) is 24.3 Å². The molecule has 2 N–H and O–H groups in total. The summed E-state index contributed by atoms with van der Waals surface area (Å²) < 4.78 is 31.6. The molecular weight excluding hydrogens is 338 g/mol. The summed E-state index contributed by atoms with van der Waals surface area (Å²) in [7, 11) is -3.80. The van der Waals surface area contributed by atoms with Gasteiger partial charge in [0.2, 0.25) is 10.0 Å². The van der Waals surface area contributed by atoms with Crippen molar-refractivity contribution >= 4 is 21.4 Å². The quantitative estimate of drug-likeness (QED) is 0.545. The maximum atomic E-state index is 12.6. The highest BCUT2D eigenvalue weighted by molar-refractivity contribution is 7.89. The van der Waals surface area contributed by atoms with Crippen LogP contribution < -0.4 is 5.32 Å². The number of nitrogens with one attached hydrogen (secondary N) is 1. The van der Waals surface area contributed by atoms with Gasteiger partial charge in [0, 0.05) is 25.2 Å². The molecule has 0 unspecified atom stereocenters. The number of hydrogen-bond donors (Lipinski definition) is 2. The zero-order chi connectivity index (χ0) is 17.7. The maximum Gasteiger partial charge on any atom is 0.293 e. The molecule has 9 nitrogen and oxygen atoms in total. The van der Waals surface area contributed by atoms with E-state index in [-0.39, 0.29) is 42.0 Å². The van der Waals surface area contributed by atoms with Gasteiger partial charge in [-0.3, -0.25) is 10.1 Å². The van der Waals surface area contributed by atoms with Gasteiger partial charge in [-0.25, -0.2) is 8.42 Å². The SMILES string of the molecule is CC[C@@H](CO)Nc1ccc(S(=O)(=O)N2CCOCC2)cc1[N+](=O)[O-]. The second kappa shape index (κ2) is 7.88. The van der Waals surface area contributed by atoms with Gasteiger partial charge < -0.3 is 15.2 Å². The lowest BCUT2D eigenvalue weighted by Crippen LogP contribution is -2.40. The second-order valence-electron chi connectivity index (χ2n) is 5.38. The van der Waals surface area contributed by atoms with Gasteiger partial charge in [0.05, 0.1) is 29.6 Å². The van der Waals surface area contributed by atoms with Crippen LogP contribution in [-0.4, -0.2) is 61.7 Å². The highest BCUT2D eigenvalue weighted by Gasteiger charge is 2.29. The third-order valence-corrected chi connectivity index (χ3v) is 5.74. The summed E-state index contributed by atoms with van der Waals surface area (Å²) in [4.78, 5) is 10.5. The number of nitrogens with zero attached hydrogens (tertiary/aromatic N) is 2. The smallest absolute Gasteiger partial charge is 0.293 e. The van der Waals surface area contributed by atoms with Crippen molar-refractivity contribution in [2.24, 2.45) is 0 Å². The summed E-state index contributed by atoms with van der Waals surface area (Å²) in [5, 5.41) is 23.4. The average molecular weight is 359 g/mol. The van der Waals surface area contributed by atoms with Crippen LogP contribution in [0.25, 0.3) is 0 Å². The third-order valence-electron chi connectivity index (χ3n) is 3.85. The molecule has 0 spiro atoms. The van der Waals surface area contributed by atoms with Gasteiger partial charge in [0.1, 0.15) is 5.69 Å². The Balaban J connectivity index is 2.35. The minimum absolute atomic E-state index is 0.126. The summed E-state index contributed by atoms with van der Waals surface area (Å²) in [6, 6.07) is 3.41. The van der Waals surface area contributed by atoms with Crippen molar-refractivity contribution in [3.63, 3.8) is 0 Å². The molecule has 1 fully saturated rings. The van der Waals surface area contributed by atoms with Crippen LogP contribution in [0.5, 0.6) is 0 Å². The minimum Gasteiger partial charge on any atom is -0.394 e. The first-order valence-electron chi connectivity index (χ1n) is 7.64. The van der Waals surface area contributed by atoms with Crippen LogP contribution in [0.2, 0.25) is 0 Å². The van der Waals surface area contributed by atoms with E-state index in [4.69, 9.17) is 4.74 Å². The van der Waals surface area contributed by atoms with E-state index in [1.165, 1.54) is 16.4 Å². The van der Waals surface area contributed by atoms with Crippen LogP contribution in [0.1, 0.15) is 13.3 Å². The fourth-order valence-electron chi connectivity index (χ4n) is 2.38. The molecule has 24 heavy (non-hydrogen) atoms. The number of hydrogen-bond acceptors (Lipinski definition) is 7. The van der Waals surface area contributed by atoms with Crippen LogP contribution in [0.4, 0.5) is 11.4 Å². The third kappa shape index (κ3) is 4.01. The van der Waals surface area contributed by atoms with E-state index < -0.39 is 14.9 Å². The predicted molar refractivity (Wildman–Crippen MR) is 87.5 cm³/mol. The average Bonchev–Trinajstić information content (AvgIpc) is 2.60. The predicted octanol–water partition coefficient (Wildman–Crippen LogP) is 0.798. The van der Waals surface area contributed by atoms with Gasteiger partial charge in [-0.2, -0.15) is 4.31 Å². The maximum absolute atomic E-state index is 12.6. The Labute approximate surface area is 140 Å². The Bertz CT molecular complexity index is 684. The molecule has 1 aromatic rings. The molecule has 1 aromatic carbocycles. The molecule has 134 valence electrons. The lowest BCUT2D eigenvalue weighted by Gasteiger charge is -2.26. The van der Waals surface area contributed by atoms with E-state index in [9.17, 15) is 23.6 Å². The minimum atomic E-state index is -3.80. The van der Waals surface area contributed by atoms with Gasteiger partial charge in [0.15, 0.2) is 0 Å². The Morgan fingerprint density at radius 2 is 2.08 bits per heavy atom.